The second-order valence-electron chi connectivity index (χ2n) is 4.28. The fourth-order valence-electron chi connectivity index (χ4n) is 1.54. The SMILES string of the molecule is C/C(=C\Nc1ccccc1)C(=O)C#Cc1ccccc1. The third kappa shape index (κ3) is 4.15. The van der Waals surface area contributed by atoms with Crippen LogP contribution in [0.15, 0.2) is 72.4 Å². The molecule has 0 aliphatic carbocycles. The lowest BCUT2D eigenvalue weighted by Gasteiger charge is -2.00. The van der Waals surface area contributed by atoms with Crippen molar-refractivity contribution < 1.29 is 4.79 Å². The van der Waals surface area contributed by atoms with Gasteiger partial charge in [-0.2, -0.15) is 0 Å². The van der Waals surface area contributed by atoms with Crippen molar-refractivity contribution in [2.75, 3.05) is 5.32 Å². The molecule has 0 unspecified atom stereocenters. The molecule has 0 aliphatic rings. The van der Waals surface area contributed by atoms with E-state index >= 15 is 0 Å². The Morgan fingerprint density at radius 2 is 1.60 bits per heavy atom. The molecular weight excluding hydrogens is 246 g/mol. The molecule has 2 aromatic rings. The number of ketones is 1. The lowest BCUT2D eigenvalue weighted by Crippen LogP contribution is -1.99. The highest BCUT2D eigenvalue weighted by atomic mass is 16.1. The van der Waals surface area contributed by atoms with Crippen LogP contribution in [0, 0.1) is 11.8 Å². The normalized spacial score (nSPS) is 10.3. The number of nitrogens with one attached hydrogen (secondary N) is 1. The fraction of sp³-hybridized carbons (Fsp3) is 0.0556. The molecule has 0 aromatic heterocycles. The van der Waals surface area contributed by atoms with Crippen molar-refractivity contribution in [3.8, 4) is 11.8 Å². The van der Waals surface area contributed by atoms with E-state index in [4.69, 9.17) is 0 Å². The van der Waals surface area contributed by atoms with Gasteiger partial charge in [0, 0.05) is 23.0 Å². The predicted octanol–water partition coefficient (Wildman–Crippen LogP) is 3.62. The first kappa shape index (κ1) is 13.6. The Morgan fingerprint density at radius 3 is 2.25 bits per heavy atom. The number of carbonyl (C=O) groups excluding carboxylic acids is 1. The summed E-state index contributed by atoms with van der Waals surface area (Å²) in [6, 6.07) is 19.1. The van der Waals surface area contributed by atoms with Crippen molar-refractivity contribution >= 4 is 11.5 Å². The highest BCUT2D eigenvalue weighted by Crippen LogP contribution is 2.06. The number of hydrogen-bond acceptors (Lipinski definition) is 2. The third-order valence-corrected chi connectivity index (χ3v) is 2.68. The van der Waals surface area contributed by atoms with Crippen LogP contribution in [0.2, 0.25) is 0 Å². The summed E-state index contributed by atoms with van der Waals surface area (Å²) in [5, 5.41) is 3.07. The van der Waals surface area contributed by atoms with Crippen molar-refractivity contribution in [3.05, 3.63) is 78.0 Å². The topological polar surface area (TPSA) is 29.1 Å². The molecule has 0 atom stereocenters. The van der Waals surface area contributed by atoms with E-state index in [0.717, 1.165) is 11.3 Å². The van der Waals surface area contributed by atoms with Gasteiger partial charge in [-0.1, -0.05) is 42.3 Å². The summed E-state index contributed by atoms with van der Waals surface area (Å²) >= 11 is 0. The van der Waals surface area contributed by atoms with Gasteiger partial charge in [0.15, 0.2) is 0 Å². The number of para-hydroxylation sites is 1. The van der Waals surface area contributed by atoms with Gasteiger partial charge < -0.3 is 5.32 Å². The van der Waals surface area contributed by atoms with Crippen LogP contribution in [0.5, 0.6) is 0 Å². The third-order valence-electron chi connectivity index (χ3n) is 2.68. The summed E-state index contributed by atoms with van der Waals surface area (Å²) in [4.78, 5) is 11.9. The van der Waals surface area contributed by atoms with Crippen LogP contribution < -0.4 is 5.32 Å². The Kier molecular flexibility index (Phi) is 4.75. The van der Waals surface area contributed by atoms with Gasteiger partial charge in [0.25, 0.3) is 0 Å². The van der Waals surface area contributed by atoms with Crippen molar-refractivity contribution in [2.45, 2.75) is 6.92 Å². The van der Waals surface area contributed by atoms with Gasteiger partial charge >= 0.3 is 0 Å². The van der Waals surface area contributed by atoms with Crippen LogP contribution in [-0.4, -0.2) is 5.78 Å². The standard InChI is InChI=1S/C18H15NO/c1-15(14-19-17-10-6-3-7-11-17)18(20)13-12-16-8-4-2-5-9-16/h2-11,14,19H,1H3/b15-14+. The number of carbonyl (C=O) groups is 1. The molecule has 0 aliphatic heterocycles. The van der Waals surface area contributed by atoms with E-state index in [2.05, 4.69) is 17.2 Å². The summed E-state index contributed by atoms with van der Waals surface area (Å²) in [7, 11) is 0. The van der Waals surface area contributed by atoms with Crippen molar-refractivity contribution in [2.24, 2.45) is 0 Å². The molecule has 0 heterocycles. The summed E-state index contributed by atoms with van der Waals surface area (Å²) in [6.45, 7) is 1.75. The number of anilines is 1. The molecule has 98 valence electrons. The molecule has 1 N–H and O–H groups in total. The van der Waals surface area contributed by atoms with E-state index in [0.29, 0.717) is 5.57 Å². The zero-order valence-corrected chi connectivity index (χ0v) is 11.3. The smallest absolute Gasteiger partial charge is 0.233 e. The largest absolute Gasteiger partial charge is 0.361 e. The van der Waals surface area contributed by atoms with Gasteiger partial charge in [-0.25, -0.2) is 0 Å². The summed E-state index contributed by atoms with van der Waals surface area (Å²) in [6.07, 6.45) is 1.68. The Morgan fingerprint density at radius 1 is 1.00 bits per heavy atom. The molecule has 2 aromatic carbocycles. The molecule has 0 saturated carbocycles. The van der Waals surface area contributed by atoms with Crippen molar-refractivity contribution in [3.63, 3.8) is 0 Å². The molecule has 0 spiro atoms. The van der Waals surface area contributed by atoms with Crippen molar-refractivity contribution in [1.29, 1.82) is 0 Å². The monoisotopic (exact) mass is 261 g/mol. The van der Waals surface area contributed by atoms with Gasteiger partial charge in [0.2, 0.25) is 5.78 Å². The summed E-state index contributed by atoms with van der Waals surface area (Å²) < 4.78 is 0. The number of hydrogen-bond donors (Lipinski definition) is 1. The van der Waals surface area contributed by atoms with Gasteiger partial charge in [-0.05, 0) is 37.1 Å². The van der Waals surface area contributed by atoms with E-state index < -0.39 is 0 Å². The minimum Gasteiger partial charge on any atom is -0.361 e. The Balaban J connectivity index is 2.01. The van der Waals surface area contributed by atoms with Gasteiger partial charge in [0.05, 0.1) is 0 Å². The van der Waals surface area contributed by atoms with E-state index in [-0.39, 0.29) is 5.78 Å². The molecule has 20 heavy (non-hydrogen) atoms. The molecule has 0 amide bonds. The molecule has 2 rings (SSSR count). The minimum atomic E-state index is -0.183. The Labute approximate surface area is 119 Å². The number of allylic oxidation sites excluding steroid dienone is 1. The lowest BCUT2D eigenvalue weighted by molar-refractivity contribution is -0.110. The van der Waals surface area contributed by atoms with Crippen LogP contribution in [0.4, 0.5) is 5.69 Å². The fourth-order valence-corrected chi connectivity index (χ4v) is 1.54. The lowest BCUT2D eigenvalue weighted by atomic mass is 10.2. The van der Waals surface area contributed by atoms with E-state index in [1.54, 1.807) is 13.1 Å². The maximum atomic E-state index is 11.9. The predicted molar refractivity (Wildman–Crippen MR) is 82.1 cm³/mol. The molecule has 0 bridgehead atoms. The number of rotatable bonds is 3. The Hall–Kier alpha value is -2.79. The summed E-state index contributed by atoms with van der Waals surface area (Å²) in [5.74, 6) is 5.31. The molecule has 0 radical (unpaired) electrons. The number of benzene rings is 2. The highest BCUT2D eigenvalue weighted by molar-refractivity contribution is 6.08. The first-order valence-corrected chi connectivity index (χ1v) is 6.35. The van der Waals surface area contributed by atoms with Crippen LogP contribution >= 0.6 is 0 Å². The van der Waals surface area contributed by atoms with E-state index in [9.17, 15) is 4.79 Å². The molecule has 0 fully saturated rings. The van der Waals surface area contributed by atoms with Gasteiger partial charge in [0.1, 0.15) is 0 Å². The maximum Gasteiger partial charge on any atom is 0.233 e. The van der Waals surface area contributed by atoms with Gasteiger partial charge in [-0.3, -0.25) is 4.79 Å². The average Bonchev–Trinajstić information content (AvgIpc) is 2.52. The Bertz CT molecular complexity index is 661. The van der Waals surface area contributed by atoms with Gasteiger partial charge in [-0.15, -0.1) is 0 Å². The first-order valence-electron chi connectivity index (χ1n) is 6.35. The molecule has 2 heteroatoms. The van der Waals surface area contributed by atoms with Crippen LogP contribution in [0.3, 0.4) is 0 Å². The first-order chi connectivity index (χ1) is 9.75. The quantitative estimate of drug-likeness (QED) is 0.675. The molecule has 0 saturated heterocycles. The van der Waals surface area contributed by atoms with Crippen LogP contribution in [-0.2, 0) is 4.79 Å². The number of Topliss-reactive ketones (excluding diaryl/α,β-unsaturated/α-hetero) is 1. The minimum absolute atomic E-state index is 0.183. The van der Waals surface area contributed by atoms with Crippen molar-refractivity contribution in [1.82, 2.24) is 0 Å². The van der Waals surface area contributed by atoms with Crippen LogP contribution in [0.25, 0.3) is 0 Å². The average molecular weight is 261 g/mol. The highest BCUT2D eigenvalue weighted by Gasteiger charge is 1.99. The zero-order valence-electron chi connectivity index (χ0n) is 11.3. The summed E-state index contributed by atoms with van der Waals surface area (Å²) in [5.41, 5.74) is 2.36. The van der Waals surface area contributed by atoms with E-state index in [1.807, 2.05) is 60.7 Å². The zero-order chi connectivity index (χ0) is 14.2. The van der Waals surface area contributed by atoms with E-state index in [1.165, 1.54) is 0 Å². The molecule has 2 nitrogen and oxygen atoms in total. The molecular formula is C18H15NO. The second kappa shape index (κ2) is 6.96. The second-order valence-corrected chi connectivity index (χ2v) is 4.28. The maximum absolute atomic E-state index is 11.9. The van der Waals surface area contributed by atoms with Crippen LogP contribution in [0.1, 0.15) is 12.5 Å².